The quantitative estimate of drug-likeness (QED) is 0.636. The summed E-state index contributed by atoms with van der Waals surface area (Å²) >= 11 is 0. The van der Waals surface area contributed by atoms with Crippen LogP contribution in [0.25, 0.3) is 22.1 Å². The van der Waals surface area contributed by atoms with Crippen LogP contribution >= 0.6 is 0 Å². The van der Waals surface area contributed by atoms with E-state index >= 15 is 0 Å². The van der Waals surface area contributed by atoms with Gasteiger partial charge in [0.1, 0.15) is 17.6 Å². The van der Waals surface area contributed by atoms with Crippen LogP contribution in [0.4, 0.5) is 0 Å². The zero-order valence-electron chi connectivity index (χ0n) is 14.9. The first-order valence-corrected chi connectivity index (χ1v) is 8.79. The van der Waals surface area contributed by atoms with Crippen LogP contribution in [0.15, 0.2) is 52.1 Å². The van der Waals surface area contributed by atoms with E-state index in [1.807, 2.05) is 31.2 Å². The molecular formula is C21H23NO3. The summed E-state index contributed by atoms with van der Waals surface area (Å²) in [6, 6.07) is 7.44. The Morgan fingerprint density at radius 2 is 2.12 bits per heavy atom. The van der Waals surface area contributed by atoms with Gasteiger partial charge in [0.05, 0.1) is 17.1 Å². The third-order valence-electron chi connectivity index (χ3n) is 4.35. The van der Waals surface area contributed by atoms with Crippen LogP contribution in [0, 0.1) is 0 Å². The molecule has 0 aliphatic rings. The van der Waals surface area contributed by atoms with Crippen LogP contribution in [-0.2, 0) is 6.42 Å². The minimum Gasteiger partial charge on any atom is -0.490 e. The first-order chi connectivity index (χ1) is 12.1. The van der Waals surface area contributed by atoms with Gasteiger partial charge in [-0.25, -0.2) is 0 Å². The van der Waals surface area contributed by atoms with E-state index in [0.717, 1.165) is 36.1 Å². The predicted molar refractivity (Wildman–Crippen MR) is 100 cm³/mol. The fourth-order valence-corrected chi connectivity index (χ4v) is 2.80. The summed E-state index contributed by atoms with van der Waals surface area (Å²) in [5.74, 6) is 0.806. The van der Waals surface area contributed by atoms with Crippen molar-refractivity contribution in [3.8, 4) is 16.9 Å². The van der Waals surface area contributed by atoms with Gasteiger partial charge in [0.15, 0.2) is 0 Å². The second-order valence-electron chi connectivity index (χ2n) is 6.26. The minimum atomic E-state index is -0.0401. The van der Waals surface area contributed by atoms with Crippen molar-refractivity contribution in [2.75, 3.05) is 0 Å². The molecule has 2 aromatic heterocycles. The summed E-state index contributed by atoms with van der Waals surface area (Å²) in [5, 5.41) is 0.585. The molecule has 0 saturated heterocycles. The van der Waals surface area contributed by atoms with Crippen LogP contribution in [-0.4, -0.2) is 11.1 Å². The highest BCUT2D eigenvalue weighted by Gasteiger charge is 2.14. The number of benzene rings is 1. The maximum atomic E-state index is 12.9. The lowest BCUT2D eigenvalue weighted by atomic mass is 10.0. The minimum absolute atomic E-state index is 0.0401. The summed E-state index contributed by atoms with van der Waals surface area (Å²) in [6.45, 7) is 6.25. The van der Waals surface area contributed by atoms with Crippen molar-refractivity contribution in [3.63, 3.8) is 0 Å². The van der Waals surface area contributed by atoms with Gasteiger partial charge >= 0.3 is 0 Å². The molecule has 0 aliphatic carbocycles. The molecule has 0 bridgehead atoms. The van der Waals surface area contributed by atoms with Crippen molar-refractivity contribution in [1.29, 1.82) is 0 Å². The molecule has 0 radical (unpaired) electrons. The molecule has 25 heavy (non-hydrogen) atoms. The summed E-state index contributed by atoms with van der Waals surface area (Å²) in [5.41, 5.74) is 2.84. The first-order valence-electron chi connectivity index (χ1n) is 8.79. The summed E-state index contributed by atoms with van der Waals surface area (Å²) < 4.78 is 11.8. The van der Waals surface area contributed by atoms with Gasteiger partial charge in [-0.2, -0.15) is 0 Å². The van der Waals surface area contributed by atoms with E-state index in [1.54, 1.807) is 12.4 Å². The number of aromatic nitrogens is 1. The molecule has 0 N–H and O–H groups in total. The van der Waals surface area contributed by atoms with Crippen LogP contribution < -0.4 is 10.2 Å². The molecule has 3 rings (SSSR count). The molecule has 3 aromatic rings. The Morgan fingerprint density at radius 3 is 2.80 bits per heavy atom. The lowest BCUT2D eigenvalue weighted by Gasteiger charge is -2.16. The van der Waals surface area contributed by atoms with Gasteiger partial charge in [-0.05, 0) is 37.5 Å². The molecular weight excluding hydrogens is 314 g/mol. The Balaban J connectivity index is 2.15. The highest BCUT2D eigenvalue weighted by Crippen LogP contribution is 2.28. The van der Waals surface area contributed by atoms with Gasteiger partial charge in [0.2, 0.25) is 5.43 Å². The van der Waals surface area contributed by atoms with Crippen molar-refractivity contribution < 1.29 is 9.15 Å². The van der Waals surface area contributed by atoms with Crippen LogP contribution in [0.2, 0.25) is 0 Å². The van der Waals surface area contributed by atoms with Crippen molar-refractivity contribution in [1.82, 2.24) is 4.98 Å². The number of fused-ring (bicyclic) bond motifs is 1. The Kier molecular flexibility index (Phi) is 5.17. The number of pyridine rings is 1. The third kappa shape index (κ3) is 3.58. The van der Waals surface area contributed by atoms with Gasteiger partial charge in [-0.15, -0.1) is 0 Å². The van der Waals surface area contributed by atoms with E-state index in [9.17, 15) is 4.79 Å². The fraction of sp³-hybridized carbons (Fsp3) is 0.333. The van der Waals surface area contributed by atoms with E-state index in [0.29, 0.717) is 16.5 Å². The van der Waals surface area contributed by atoms with Gasteiger partial charge in [-0.3, -0.25) is 9.78 Å². The number of aryl methyl sites for hydroxylation is 1. The molecule has 0 amide bonds. The lowest BCUT2D eigenvalue weighted by Crippen LogP contribution is -2.12. The average molecular weight is 337 g/mol. The van der Waals surface area contributed by atoms with Crippen molar-refractivity contribution in [2.24, 2.45) is 0 Å². The monoisotopic (exact) mass is 337 g/mol. The normalized spacial score (nSPS) is 12.3. The summed E-state index contributed by atoms with van der Waals surface area (Å²) in [6.07, 6.45) is 7.75. The van der Waals surface area contributed by atoms with Gasteiger partial charge in [0.25, 0.3) is 0 Å². The molecule has 2 heterocycles. The third-order valence-corrected chi connectivity index (χ3v) is 4.35. The number of hydrogen-bond acceptors (Lipinski definition) is 4. The highest BCUT2D eigenvalue weighted by atomic mass is 16.5. The Bertz CT molecular complexity index is 916. The van der Waals surface area contributed by atoms with Gasteiger partial charge in [-0.1, -0.05) is 26.3 Å². The molecule has 0 fully saturated rings. The number of rotatable bonds is 6. The molecule has 1 atom stereocenters. The van der Waals surface area contributed by atoms with Crippen molar-refractivity contribution in [2.45, 2.75) is 46.1 Å². The molecule has 0 saturated carbocycles. The summed E-state index contributed by atoms with van der Waals surface area (Å²) in [4.78, 5) is 17.0. The lowest BCUT2D eigenvalue weighted by molar-refractivity contribution is 0.215. The topological polar surface area (TPSA) is 52.3 Å². The maximum Gasteiger partial charge on any atom is 0.200 e. The largest absolute Gasteiger partial charge is 0.490 e. The Hall–Kier alpha value is -2.62. The van der Waals surface area contributed by atoms with Gasteiger partial charge < -0.3 is 9.15 Å². The molecule has 0 aliphatic heterocycles. The predicted octanol–water partition coefficient (Wildman–Crippen LogP) is 4.98. The van der Waals surface area contributed by atoms with E-state index in [2.05, 4.69) is 18.8 Å². The van der Waals surface area contributed by atoms with E-state index in [4.69, 9.17) is 9.15 Å². The smallest absolute Gasteiger partial charge is 0.200 e. The average Bonchev–Trinajstić information content (AvgIpc) is 2.64. The first kappa shape index (κ1) is 17.2. The van der Waals surface area contributed by atoms with Gasteiger partial charge in [0, 0.05) is 24.0 Å². The maximum absolute atomic E-state index is 12.9. The second kappa shape index (κ2) is 7.51. The fourth-order valence-electron chi connectivity index (χ4n) is 2.80. The standard InChI is InChI=1S/C21H23NO3/c1-4-7-15-10-17-20(11-19(15)25-14(3)5-2)24-13-18(21(17)23)16-8-6-9-22-12-16/h6,8-14H,4-5,7H2,1-3H3. The molecule has 4 heteroatoms. The van der Waals surface area contributed by atoms with E-state index < -0.39 is 0 Å². The van der Waals surface area contributed by atoms with E-state index in [1.165, 1.54) is 6.26 Å². The zero-order valence-corrected chi connectivity index (χ0v) is 14.9. The van der Waals surface area contributed by atoms with Crippen LogP contribution in [0.3, 0.4) is 0 Å². The van der Waals surface area contributed by atoms with Crippen LogP contribution in [0.1, 0.15) is 39.2 Å². The molecule has 1 aromatic carbocycles. The van der Waals surface area contributed by atoms with Crippen molar-refractivity contribution in [3.05, 3.63) is 58.7 Å². The molecule has 4 nitrogen and oxygen atoms in total. The molecule has 1 unspecified atom stereocenters. The number of ether oxygens (including phenoxy) is 1. The molecule has 0 spiro atoms. The second-order valence-corrected chi connectivity index (χ2v) is 6.26. The SMILES string of the molecule is CCCc1cc2c(=O)c(-c3cccnc3)coc2cc1OC(C)CC. The number of nitrogens with zero attached hydrogens (tertiary/aromatic N) is 1. The van der Waals surface area contributed by atoms with Crippen LogP contribution in [0.5, 0.6) is 5.75 Å². The van der Waals surface area contributed by atoms with Crippen molar-refractivity contribution >= 4 is 11.0 Å². The Morgan fingerprint density at radius 1 is 1.28 bits per heavy atom. The Labute approximate surface area is 147 Å². The summed E-state index contributed by atoms with van der Waals surface area (Å²) in [7, 11) is 0. The number of hydrogen-bond donors (Lipinski definition) is 0. The van der Waals surface area contributed by atoms with E-state index in [-0.39, 0.29) is 11.5 Å². The molecule has 130 valence electrons. The highest BCUT2D eigenvalue weighted by molar-refractivity contribution is 5.83. The zero-order chi connectivity index (χ0) is 17.8.